The van der Waals surface area contributed by atoms with Gasteiger partial charge in [-0.05, 0) is 18.6 Å². The van der Waals surface area contributed by atoms with Gasteiger partial charge in [0.25, 0.3) is 0 Å². The second-order valence-corrected chi connectivity index (χ2v) is 4.80. The van der Waals surface area contributed by atoms with Crippen molar-refractivity contribution in [3.05, 3.63) is 33.8 Å². The predicted molar refractivity (Wildman–Crippen MR) is 66.9 cm³/mol. The number of ether oxygens (including phenoxy) is 1. The molecule has 0 aromatic carbocycles. The largest absolute Gasteiger partial charge is 0.493 e. The first kappa shape index (κ1) is 11.9. The van der Waals surface area contributed by atoms with Crippen LogP contribution >= 0.6 is 11.3 Å². The fraction of sp³-hybridized carbons (Fsp3) is 0.333. The molecular formula is C12H14N2O2S. The molecule has 2 aromatic heterocycles. The first-order valence-corrected chi connectivity index (χ1v) is 6.18. The Kier molecular flexibility index (Phi) is 3.28. The van der Waals surface area contributed by atoms with Gasteiger partial charge in [0.1, 0.15) is 0 Å². The molecule has 17 heavy (non-hydrogen) atoms. The lowest BCUT2D eigenvalue weighted by molar-refractivity contribution is 0.103. The van der Waals surface area contributed by atoms with Gasteiger partial charge in [0.05, 0.1) is 18.2 Å². The number of carbonyl (C=O) groups is 1. The molecule has 2 heterocycles. The number of aryl methyl sites for hydroxylation is 2. The number of methoxy groups -OCH3 is 1. The highest BCUT2D eigenvalue weighted by Gasteiger charge is 2.20. The number of hydrogen-bond donors (Lipinski definition) is 0. The maximum Gasteiger partial charge on any atom is 0.224 e. The maximum absolute atomic E-state index is 12.3. The Labute approximate surface area is 104 Å². The van der Waals surface area contributed by atoms with E-state index in [1.54, 1.807) is 25.0 Å². The van der Waals surface area contributed by atoms with Crippen LogP contribution in [-0.2, 0) is 13.5 Å². The predicted octanol–water partition coefficient (Wildman–Crippen LogP) is 2.28. The Morgan fingerprint density at radius 1 is 1.53 bits per heavy atom. The van der Waals surface area contributed by atoms with Crippen molar-refractivity contribution in [2.24, 2.45) is 7.05 Å². The van der Waals surface area contributed by atoms with Crippen LogP contribution in [0.2, 0.25) is 0 Å². The van der Waals surface area contributed by atoms with Crippen molar-refractivity contribution in [3.8, 4) is 5.75 Å². The molecule has 4 nitrogen and oxygen atoms in total. The monoisotopic (exact) mass is 250 g/mol. The normalized spacial score (nSPS) is 10.5. The molecule has 2 aromatic rings. The van der Waals surface area contributed by atoms with E-state index < -0.39 is 0 Å². The number of nitrogens with zero attached hydrogens (tertiary/aromatic N) is 2. The van der Waals surface area contributed by atoms with E-state index in [4.69, 9.17) is 4.74 Å². The van der Waals surface area contributed by atoms with E-state index in [1.165, 1.54) is 16.2 Å². The molecule has 0 radical (unpaired) electrons. The third-order valence-electron chi connectivity index (χ3n) is 2.57. The summed E-state index contributed by atoms with van der Waals surface area (Å²) >= 11 is 1.52. The van der Waals surface area contributed by atoms with Gasteiger partial charge in [0.2, 0.25) is 5.78 Å². The fourth-order valence-corrected chi connectivity index (χ4v) is 2.52. The van der Waals surface area contributed by atoms with Crippen LogP contribution in [0.25, 0.3) is 0 Å². The molecule has 0 bridgehead atoms. The van der Waals surface area contributed by atoms with Gasteiger partial charge in [-0.1, -0.05) is 6.92 Å². The zero-order valence-corrected chi connectivity index (χ0v) is 10.9. The molecule has 0 saturated heterocycles. The molecule has 0 unspecified atom stereocenters. The standard InChI is InChI=1S/C12H14N2O2S/c1-4-8-5-6-10(17-8)12(15)11-9(16-3)7-13-14(11)2/h5-7H,4H2,1-3H3. The SMILES string of the molecule is CCc1ccc(C(=O)c2c(OC)cnn2C)s1. The van der Waals surface area contributed by atoms with E-state index in [-0.39, 0.29) is 5.78 Å². The Bertz CT molecular complexity index is 542. The zero-order valence-electron chi connectivity index (χ0n) is 10.1. The van der Waals surface area contributed by atoms with Crippen LogP contribution in [0.15, 0.2) is 18.3 Å². The van der Waals surface area contributed by atoms with Crippen LogP contribution in [0.3, 0.4) is 0 Å². The van der Waals surface area contributed by atoms with E-state index in [0.717, 1.165) is 11.3 Å². The van der Waals surface area contributed by atoms with E-state index >= 15 is 0 Å². The van der Waals surface area contributed by atoms with Crippen LogP contribution < -0.4 is 4.74 Å². The lowest BCUT2D eigenvalue weighted by Crippen LogP contribution is -2.08. The number of aromatic nitrogens is 2. The summed E-state index contributed by atoms with van der Waals surface area (Å²) in [5, 5.41) is 4.04. The topological polar surface area (TPSA) is 44.1 Å². The minimum atomic E-state index is -0.0356. The van der Waals surface area contributed by atoms with E-state index in [2.05, 4.69) is 12.0 Å². The van der Waals surface area contributed by atoms with Crippen molar-refractivity contribution < 1.29 is 9.53 Å². The van der Waals surface area contributed by atoms with Crippen molar-refractivity contribution in [1.82, 2.24) is 9.78 Å². The molecule has 0 spiro atoms. The summed E-state index contributed by atoms with van der Waals surface area (Å²) in [4.78, 5) is 14.2. The summed E-state index contributed by atoms with van der Waals surface area (Å²) in [5.74, 6) is 0.482. The van der Waals surface area contributed by atoms with Crippen molar-refractivity contribution >= 4 is 17.1 Å². The fourth-order valence-electron chi connectivity index (χ4n) is 1.63. The van der Waals surface area contributed by atoms with Gasteiger partial charge in [-0.25, -0.2) is 0 Å². The minimum absolute atomic E-state index is 0.0356. The van der Waals surface area contributed by atoms with Gasteiger partial charge in [-0.2, -0.15) is 5.10 Å². The van der Waals surface area contributed by atoms with Gasteiger partial charge in [0.15, 0.2) is 11.4 Å². The Balaban J connectivity index is 2.39. The molecular weight excluding hydrogens is 236 g/mol. The Morgan fingerprint density at radius 2 is 2.29 bits per heavy atom. The Hall–Kier alpha value is -1.62. The highest BCUT2D eigenvalue weighted by molar-refractivity contribution is 7.14. The summed E-state index contributed by atoms with van der Waals surface area (Å²) < 4.78 is 6.69. The van der Waals surface area contributed by atoms with Crippen molar-refractivity contribution in [2.75, 3.05) is 7.11 Å². The molecule has 0 aliphatic heterocycles. The van der Waals surface area contributed by atoms with Crippen LogP contribution in [-0.4, -0.2) is 22.7 Å². The van der Waals surface area contributed by atoms with Crippen LogP contribution in [0.5, 0.6) is 5.75 Å². The number of carbonyl (C=O) groups excluding carboxylic acids is 1. The molecule has 90 valence electrons. The van der Waals surface area contributed by atoms with Gasteiger partial charge in [0, 0.05) is 11.9 Å². The molecule has 0 saturated carbocycles. The lowest BCUT2D eigenvalue weighted by atomic mass is 10.2. The smallest absolute Gasteiger partial charge is 0.224 e. The third kappa shape index (κ3) is 2.10. The third-order valence-corrected chi connectivity index (χ3v) is 3.80. The lowest BCUT2D eigenvalue weighted by Gasteiger charge is -2.02. The summed E-state index contributed by atoms with van der Waals surface area (Å²) in [6.07, 6.45) is 2.50. The van der Waals surface area contributed by atoms with Crippen molar-refractivity contribution in [2.45, 2.75) is 13.3 Å². The van der Waals surface area contributed by atoms with E-state index in [1.807, 2.05) is 12.1 Å². The van der Waals surface area contributed by atoms with Crippen molar-refractivity contribution in [1.29, 1.82) is 0 Å². The number of rotatable bonds is 4. The first-order chi connectivity index (χ1) is 8.17. The number of thiophene rings is 1. The van der Waals surface area contributed by atoms with Crippen molar-refractivity contribution in [3.63, 3.8) is 0 Å². The summed E-state index contributed by atoms with van der Waals surface area (Å²) in [5.41, 5.74) is 0.497. The van der Waals surface area contributed by atoms with Crippen LogP contribution in [0.1, 0.15) is 27.2 Å². The minimum Gasteiger partial charge on any atom is -0.493 e. The highest BCUT2D eigenvalue weighted by Crippen LogP contribution is 2.25. The Morgan fingerprint density at radius 3 is 2.88 bits per heavy atom. The van der Waals surface area contributed by atoms with E-state index in [9.17, 15) is 4.79 Å². The molecule has 5 heteroatoms. The second kappa shape index (κ2) is 4.71. The molecule has 0 aliphatic carbocycles. The summed E-state index contributed by atoms with van der Waals surface area (Å²) in [6.45, 7) is 2.07. The number of ketones is 1. The van der Waals surface area contributed by atoms with Gasteiger partial charge in [-0.15, -0.1) is 11.3 Å². The second-order valence-electron chi connectivity index (χ2n) is 3.63. The maximum atomic E-state index is 12.3. The first-order valence-electron chi connectivity index (χ1n) is 5.36. The molecule has 0 amide bonds. The molecule has 0 fully saturated rings. The molecule has 0 aliphatic rings. The quantitative estimate of drug-likeness (QED) is 0.782. The molecule has 0 N–H and O–H groups in total. The van der Waals surface area contributed by atoms with Crippen LogP contribution in [0.4, 0.5) is 0 Å². The van der Waals surface area contributed by atoms with Gasteiger partial charge >= 0.3 is 0 Å². The zero-order chi connectivity index (χ0) is 12.4. The molecule has 0 atom stereocenters. The van der Waals surface area contributed by atoms with Gasteiger partial charge in [-0.3, -0.25) is 9.48 Å². The average Bonchev–Trinajstić information content (AvgIpc) is 2.94. The van der Waals surface area contributed by atoms with Crippen LogP contribution in [0, 0.1) is 0 Å². The number of hydrogen-bond acceptors (Lipinski definition) is 4. The summed E-state index contributed by atoms with van der Waals surface area (Å²) in [6, 6.07) is 3.85. The highest BCUT2D eigenvalue weighted by atomic mass is 32.1. The average molecular weight is 250 g/mol. The summed E-state index contributed by atoms with van der Waals surface area (Å²) in [7, 11) is 3.28. The molecule has 2 rings (SSSR count). The van der Waals surface area contributed by atoms with Gasteiger partial charge < -0.3 is 4.74 Å². The van der Waals surface area contributed by atoms with E-state index in [0.29, 0.717) is 11.4 Å².